The Kier molecular flexibility index (Phi) is 3.41. The summed E-state index contributed by atoms with van der Waals surface area (Å²) in [5.74, 6) is -0.434. The van der Waals surface area contributed by atoms with Crippen molar-refractivity contribution in [3.8, 4) is 0 Å². The Bertz CT molecular complexity index is 719. The lowest BCUT2D eigenvalue weighted by Gasteiger charge is -2.24. The fraction of sp³-hybridized carbons (Fsp3) is 0.176. The quantitative estimate of drug-likeness (QED) is 0.769. The first-order valence-electron chi connectivity index (χ1n) is 6.73. The van der Waals surface area contributed by atoms with Crippen LogP contribution in [0.1, 0.15) is 44.8 Å². The van der Waals surface area contributed by atoms with Crippen LogP contribution in [0.5, 0.6) is 0 Å². The van der Waals surface area contributed by atoms with Crippen LogP contribution in [0.3, 0.4) is 0 Å². The Hall–Kier alpha value is -1.94. The maximum Gasteiger partial charge on any atom is 0.262 e. The zero-order valence-corrected chi connectivity index (χ0v) is 13.3. The molecular formula is C17H14BrNO2. The molecule has 1 aliphatic rings. The molecule has 0 saturated carbocycles. The first-order valence-corrected chi connectivity index (χ1v) is 7.53. The minimum Gasteiger partial charge on any atom is -0.269 e. The zero-order chi connectivity index (χ0) is 15.1. The van der Waals surface area contributed by atoms with Gasteiger partial charge < -0.3 is 0 Å². The van der Waals surface area contributed by atoms with Crippen molar-refractivity contribution in [3.05, 3.63) is 69.2 Å². The van der Waals surface area contributed by atoms with Crippen LogP contribution in [0.4, 0.5) is 0 Å². The monoisotopic (exact) mass is 343 g/mol. The smallest absolute Gasteiger partial charge is 0.262 e. The van der Waals surface area contributed by atoms with E-state index in [4.69, 9.17) is 0 Å². The van der Waals surface area contributed by atoms with Gasteiger partial charge in [0.1, 0.15) is 0 Å². The summed E-state index contributed by atoms with van der Waals surface area (Å²) in [5, 5.41) is 0. The van der Waals surface area contributed by atoms with Crippen LogP contribution in [0.2, 0.25) is 0 Å². The molecule has 106 valence electrons. The molecular weight excluding hydrogens is 330 g/mol. The van der Waals surface area contributed by atoms with Crippen LogP contribution >= 0.6 is 15.9 Å². The molecule has 2 aromatic carbocycles. The van der Waals surface area contributed by atoms with E-state index in [2.05, 4.69) is 15.9 Å². The molecule has 0 N–H and O–H groups in total. The Balaban J connectivity index is 2.02. The second-order valence-corrected chi connectivity index (χ2v) is 6.12. The van der Waals surface area contributed by atoms with Gasteiger partial charge in [0, 0.05) is 4.47 Å². The van der Waals surface area contributed by atoms with Crippen molar-refractivity contribution in [3.63, 3.8) is 0 Å². The number of hydrogen-bond donors (Lipinski definition) is 0. The van der Waals surface area contributed by atoms with Crippen LogP contribution in [-0.4, -0.2) is 16.7 Å². The summed E-state index contributed by atoms with van der Waals surface area (Å²) in [6, 6.07) is 12.6. The Labute approximate surface area is 131 Å². The molecule has 1 aliphatic heterocycles. The topological polar surface area (TPSA) is 37.4 Å². The number of rotatable bonds is 2. The molecule has 2 aromatic rings. The maximum atomic E-state index is 12.5. The van der Waals surface area contributed by atoms with Gasteiger partial charge in [-0.05, 0) is 49.2 Å². The summed E-state index contributed by atoms with van der Waals surface area (Å²) in [6.45, 7) is 3.87. The molecule has 3 rings (SSSR count). The van der Waals surface area contributed by atoms with Gasteiger partial charge in [0.05, 0.1) is 17.2 Å². The first-order chi connectivity index (χ1) is 10.0. The van der Waals surface area contributed by atoms with E-state index in [1.54, 1.807) is 24.3 Å². The van der Waals surface area contributed by atoms with Gasteiger partial charge in [-0.15, -0.1) is 0 Å². The van der Waals surface area contributed by atoms with Crippen LogP contribution in [-0.2, 0) is 0 Å². The van der Waals surface area contributed by atoms with Gasteiger partial charge in [-0.3, -0.25) is 14.5 Å². The lowest BCUT2D eigenvalue weighted by molar-refractivity contribution is 0.0595. The minimum atomic E-state index is -0.287. The number of nitrogens with zero attached hydrogens (tertiary/aromatic N) is 1. The van der Waals surface area contributed by atoms with Gasteiger partial charge >= 0.3 is 0 Å². The number of imide groups is 1. The SMILES string of the molecule is Cc1cc(Br)ccc1C(C)N1C(=O)c2ccccc2C1=O. The number of fused-ring (bicyclic) bond motifs is 1. The molecule has 2 amide bonds. The predicted octanol–water partition coefficient (Wildman–Crippen LogP) is 4.11. The summed E-state index contributed by atoms with van der Waals surface area (Å²) >= 11 is 3.43. The number of hydrogen-bond acceptors (Lipinski definition) is 2. The molecule has 0 fully saturated rings. The number of carbonyl (C=O) groups excluding carboxylic acids is 2. The van der Waals surface area contributed by atoms with Gasteiger partial charge in [0.2, 0.25) is 0 Å². The van der Waals surface area contributed by atoms with E-state index in [1.807, 2.05) is 32.0 Å². The minimum absolute atomic E-state index is 0.217. The molecule has 1 atom stereocenters. The summed E-state index contributed by atoms with van der Waals surface area (Å²) in [5.41, 5.74) is 3.01. The summed E-state index contributed by atoms with van der Waals surface area (Å²) in [6.07, 6.45) is 0. The standard InChI is InChI=1S/C17H14BrNO2/c1-10-9-12(18)7-8-13(10)11(2)19-16(20)14-5-3-4-6-15(14)17(19)21/h3-9,11H,1-2H3. The third-order valence-electron chi connectivity index (χ3n) is 3.89. The van der Waals surface area contributed by atoms with E-state index >= 15 is 0 Å². The number of benzene rings is 2. The Morgan fingerprint density at radius 3 is 2.10 bits per heavy atom. The van der Waals surface area contributed by atoms with Crippen molar-refractivity contribution >= 4 is 27.7 Å². The molecule has 4 heteroatoms. The average molecular weight is 344 g/mol. The molecule has 0 aliphatic carbocycles. The fourth-order valence-electron chi connectivity index (χ4n) is 2.81. The van der Waals surface area contributed by atoms with Gasteiger partial charge in [-0.2, -0.15) is 0 Å². The number of aryl methyl sites for hydroxylation is 1. The highest BCUT2D eigenvalue weighted by molar-refractivity contribution is 9.10. The molecule has 0 saturated heterocycles. The molecule has 0 radical (unpaired) electrons. The fourth-order valence-corrected chi connectivity index (χ4v) is 3.28. The highest BCUT2D eigenvalue weighted by Gasteiger charge is 2.38. The van der Waals surface area contributed by atoms with Crippen molar-refractivity contribution in [2.24, 2.45) is 0 Å². The van der Waals surface area contributed by atoms with Crippen molar-refractivity contribution in [2.45, 2.75) is 19.9 Å². The zero-order valence-electron chi connectivity index (χ0n) is 11.8. The largest absolute Gasteiger partial charge is 0.269 e. The van der Waals surface area contributed by atoms with Crippen molar-refractivity contribution in [1.29, 1.82) is 0 Å². The maximum absolute atomic E-state index is 12.5. The third-order valence-corrected chi connectivity index (χ3v) is 4.39. The number of halogens is 1. The van der Waals surface area contributed by atoms with E-state index < -0.39 is 0 Å². The average Bonchev–Trinajstić information content (AvgIpc) is 2.71. The Morgan fingerprint density at radius 1 is 1.00 bits per heavy atom. The molecule has 1 heterocycles. The second kappa shape index (κ2) is 5.11. The number of carbonyl (C=O) groups is 2. The van der Waals surface area contributed by atoms with E-state index in [1.165, 1.54) is 4.90 Å². The van der Waals surface area contributed by atoms with Gasteiger partial charge in [-0.1, -0.05) is 34.1 Å². The summed E-state index contributed by atoms with van der Waals surface area (Å²) in [7, 11) is 0. The molecule has 21 heavy (non-hydrogen) atoms. The van der Waals surface area contributed by atoms with Crippen LogP contribution in [0.25, 0.3) is 0 Å². The predicted molar refractivity (Wildman–Crippen MR) is 84.2 cm³/mol. The van der Waals surface area contributed by atoms with E-state index in [-0.39, 0.29) is 17.9 Å². The van der Waals surface area contributed by atoms with Gasteiger partial charge in [-0.25, -0.2) is 0 Å². The molecule has 0 spiro atoms. The molecule has 3 nitrogen and oxygen atoms in total. The lowest BCUT2D eigenvalue weighted by atomic mass is 10.0. The first kappa shape index (κ1) is 14.0. The van der Waals surface area contributed by atoms with E-state index in [0.29, 0.717) is 11.1 Å². The van der Waals surface area contributed by atoms with Crippen LogP contribution < -0.4 is 0 Å². The van der Waals surface area contributed by atoms with Crippen molar-refractivity contribution in [1.82, 2.24) is 4.90 Å². The van der Waals surface area contributed by atoms with Crippen LogP contribution in [0, 0.1) is 6.92 Å². The highest BCUT2D eigenvalue weighted by atomic mass is 79.9. The molecule has 1 unspecified atom stereocenters. The molecule has 0 aromatic heterocycles. The Morgan fingerprint density at radius 2 is 1.57 bits per heavy atom. The highest BCUT2D eigenvalue weighted by Crippen LogP contribution is 2.33. The lowest BCUT2D eigenvalue weighted by Crippen LogP contribution is -2.32. The summed E-state index contributed by atoms with van der Waals surface area (Å²) in [4.78, 5) is 26.3. The van der Waals surface area contributed by atoms with Gasteiger partial charge in [0.25, 0.3) is 11.8 Å². The van der Waals surface area contributed by atoms with Crippen LogP contribution in [0.15, 0.2) is 46.9 Å². The molecule has 0 bridgehead atoms. The van der Waals surface area contributed by atoms with E-state index in [9.17, 15) is 9.59 Å². The number of amides is 2. The van der Waals surface area contributed by atoms with Gasteiger partial charge in [0.15, 0.2) is 0 Å². The second-order valence-electron chi connectivity index (χ2n) is 5.20. The normalized spacial score (nSPS) is 15.3. The van der Waals surface area contributed by atoms with Crippen molar-refractivity contribution in [2.75, 3.05) is 0 Å². The summed E-state index contributed by atoms with van der Waals surface area (Å²) < 4.78 is 0.985. The van der Waals surface area contributed by atoms with E-state index in [0.717, 1.165) is 15.6 Å². The van der Waals surface area contributed by atoms with Crippen molar-refractivity contribution < 1.29 is 9.59 Å². The third kappa shape index (κ3) is 2.20.